The smallest absolute Gasteiger partial charge is 0.271 e. The lowest BCUT2D eigenvalue weighted by Crippen LogP contribution is -2.30. The van der Waals surface area contributed by atoms with E-state index in [4.69, 9.17) is 16.2 Å². The number of carbonyl (C=O) groups excluding carboxylic acids is 2. The zero-order valence-corrected chi connectivity index (χ0v) is 22.8. The molecule has 2 saturated heterocycles. The van der Waals surface area contributed by atoms with E-state index >= 15 is 0 Å². The number of nitrogens with one attached hydrogen (secondary N) is 1. The second-order valence-corrected chi connectivity index (χ2v) is 11.0. The highest BCUT2D eigenvalue weighted by Gasteiger charge is 2.23. The van der Waals surface area contributed by atoms with Gasteiger partial charge < -0.3 is 26.4 Å². The maximum Gasteiger partial charge on any atom is 0.271 e. The molecule has 0 radical (unpaired) electrons. The number of hydrogen-bond acceptors (Lipinski definition) is 9. The average Bonchev–Trinajstić information content (AvgIpc) is 3.72. The van der Waals surface area contributed by atoms with Crippen LogP contribution < -0.4 is 21.7 Å². The standard InChI is InChI=1S/C18H24N6O2S.C10H11NO/c19-17(25)16-18(21-14(11-20-16)24-6-2-1-3-7-24)22-15-10-13(23-27-15)12-4-8-26-9-5-12;11-10(12)9-5-3-8(4-6-9)7-1-2-7/h10-12H,1-9H2,(H2,19,25)(H,21,22);3-7H,1-2H2,(H2,11,12). The van der Waals surface area contributed by atoms with E-state index in [-0.39, 0.29) is 11.6 Å². The number of ether oxygens (including phenoxy) is 1. The number of nitrogens with zero attached hydrogens (tertiary/aromatic N) is 4. The number of carbonyl (C=O) groups is 2. The summed E-state index contributed by atoms with van der Waals surface area (Å²) in [7, 11) is 0. The first-order chi connectivity index (χ1) is 19.0. The molecule has 1 aliphatic carbocycles. The number of rotatable bonds is 7. The molecule has 0 spiro atoms. The van der Waals surface area contributed by atoms with Crippen molar-refractivity contribution < 1.29 is 14.3 Å². The van der Waals surface area contributed by atoms with Crippen LogP contribution >= 0.6 is 11.5 Å². The van der Waals surface area contributed by atoms with Gasteiger partial charge in [-0.1, -0.05) is 12.1 Å². The Morgan fingerprint density at radius 1 is 0.949 bits per heavy atom. The van der Waals surface area contributed by atoms with E-state index in [1.54, 1.807) is 18.3 Å². The minimum atomic E-state index is -0.593. The van der Waals surface area contributed by atoms with Crippen molar-refractivity contribution in [3.05, 3.63) is 59.0 Å². The van der Waals surface area contributed by atoms with Crippen LogP contribution in [0.3, 0.4) is 0 Å². The first-order valence-corrected chi connectivity index (χ1v) is 14.4. The summed E-state index contributed by atoms with van der Waals surface area (Å²) < 4.78 is 9.99. The second-order valence-electron chi connectivity index (χ2n) is 10.2. The van der Waals surface area contributed by atoms with E-state index in [2.05, 4.69) is 24.6 Å². The quantitative estimate of drug-likeness (QED) is 0.394. The molecule has 0 atom stereocenters. The molecule has 3 aliphatic rings. The molecule has 11 heteroatoms. The normalized spacial score (nSPS) is 17.7. The molecule has 1 aromatic carbocycles. The predicted octanol–water partition coefficient (Wildman–Crippen LogP) is 4.32. The van der Waals surface area contributed by atoms with E-state index in [1.165, 1.54) is 36.4 Å². The van der Waals surface area contributed by atoms with E-state index in [1.807, 2.05) is 18.2 Å². The number of piperidine rings is 1. The maximum absolute atomic E-state index is 11.8. The molecule has 6 rings (SSSR count). The lowest BCUT2D eigenvalue weighted by molar-refractivity contribution is 0.0847. The SMILES string of the molecule is NC(=O)c1ccc(C2CC2)cc1.NC(=O)c1ncc(N2CCCCC2)nc1Nc1cc(C2CCOCC2)ns1. The highest BCUT2D eigenvalue weighted by molar-refractivity contribution is 7.10. The number of anilines is 3. The summed E-state index contributed by atoms with van der Waals surface area (Å²) in [6, 6.07) is 9.63. The number of hydrogen-bond donors (Lipinski definition) is 3. The van der Waals surface area contributed by atoms with Gasteiger partial charge >= 0.3 is 0 Å². The van der Waals surface area contributed by atoms with Crippen LogP contribution in [0.1, 0.15) is 88.9 Å². The topological polar surface area (TPSA) is 149 Å². The Bertz CT molecular complexity index is 1280. The molecule has 2 aliphatic heterocycles. The number of aromatic nitrogens is 3. The van der Waals surface area contributed by atoms with Crippen molar-refractivity contribution in [2.75, 3.05) is 36.5 Å². The van der Waals surface area contributed by atoms with Crippen LogP contribution in [0.25, 0.3) is 0 Å². The first-order valence-electron chi connectivity index (χ1n) is 13.6. The third kappa shape index (κ3) is 7.10. The van der Waals surface area contributed by atoms with Gasteiger partial charge in [-0.15, -0.1) is 0 Å². The molecule has 206 valence electrons. The number of benzene rings is 1. The fraction of sp³-hybridized carbons (Fsp3) is 0.464. The molecule has 2 amide bonds. The molecule has 3 fully saturated rings. The van der Waals surface area contributed by atoms with E-state index < -0.39 is 5.91 Å². The van der Waals surface area contributed by atoms with Gasteiger partial charge in [0.1, 0.15) is 10.8 Å². The summed E-state index contributed by atoms with van der Waals surface area (Å²) in [6.45, 7) is 3.47. The molecule has 10 nitrogen and oxygen atoms in total. The lowest BCUT2D eigenvalue weighted by atomic mass is 9.97. The Hall–Kier alpha value is -3.57. The van der Waals surface area contributed by atoms with Crippen LogP contribution in [0.15, 0.2) is 36.5 Å². The molecule has 4 heterocycles. The van der Waals surface area contributed by atoms with Gasteiger partial charge in [0.05, 0.1) is 11.9 Å². The summed E-state index contributed by atoms with van der Waals surface area (Å²) in [5.41, 5.74) is 13.8. The number of nitrogens with two attached hydrogens (primary N) is 2. The minimum Gasteiger partial charge on any atom is -0.381 e. The maximum atomic E-state index is 11.8. The van der Waals surface area contributed by atoms with Gasteiger partial charge in [0.2, 0.25) is 5.91 Å². The summed E-state index contributed by atoms with van der Waals surface area (Å²) in [5.74, 6) is 1.39. The Labute approximate surface area is 232 Å². The van der Waals surface area contributed by atoms with Crippen LogP contribution in [0, 0.1) is 0 Å². The van der Waals surface area contributed by atoms with Crippen molar-refractivity contribution in [2.45, 2.75) is 56.8 Å². The number of primary amides is 2. The summed E-state index contributed by atoms with van der Waals surface area (Å²) in [5, 5.41) is 4.05. The fourth-order valence-electron chi connectivity index (χ4n) is 4.91. The Balaban J connectivity index is 0.000000214. The zero-order chi connectivity index (χ0) is 27.2. The molecule has 3 aromatic rings. The third-order valence-electron chi connectivity index (χ3n) is 7.33. The van der Waals surface area contributed by atoms with Gasteiger partial charge in [0.25, 0.3) is 5.91 Å². The van der Waals surface area contributed by atoms with Crippen LogP contribution in [-0.4, -0.2) is 52.5 Å². The van der Waals surface area contributed by atoms with E-state index in [0.717, 1.165) is 74.4 Å². The molecule has 1 saturated carbocycles. The van der Waals surface area contributed by atoms with E-state index in [0.29, 0.717) is 17.3 Å². The van der Waals surface area contributed by atoms with Crippen molar-refractivity contribution in [2.24, 2.45) is 11.5 Å². The van der Waals surface area contributed by atoms with Gasteiger partial charge in [-0.3, -0.25) is 9.59 Å². The van der Waals surface area contributed by atoms with Gasteiger partial charge in [0.15, 0.2) is 11.5 Å². The molecule has 0 unspecified atom stereocenters. The monoisotopic (exact) mass is 549 g/mol. The lowest BCUT2D eigenvalue weighted by Gasteiger charge is -2.27. The van der Waals surface area contributed by atoms with Crippen LogP contribution in [0.5, 0.6) is 0 Å². The summed E-state index contributed by atoms with van der Waals surface area (Å²) >= 11 is 1.36. The van der Waals surface area contributed by atoms with Crippen molar-refractivity contribution >= 4 is 40.0 Å². The highest BCUT2D eigenvalue weighted by atomic mass is 32.1. The summed E-state index contributed by atoms with van der Waals surface area (Å²) in [4.78, 5) is 33.6. The fourth-order valence-corrected chi connectivity index (χ4v) is 5.63. The Morgan fingerprint density at radius 2 is 1.67 bits per heavy atom. The van der Waals surface area contributed by atoms with Crippen molar-refractivity contribution in [1.82, 2.24) is 14.3 Å². The summed E-state index contributed by atoms with van der Waals surface area (Å²) in [6.07, 6.45) is 9.71. The average molecular weight is 550 g/mol. The minimum absolute atomic E-state index is 0.150. The van der Waals surface area contributed by atoms with Crippen LogP contribution in [0.4, 0.5) is 16.6 Å². The largest absolute Gasteiger partial charge is 0.381 e. The molecule has 5 N–H and O–H groups in total. The zero-order valence-electron chi connectivity index (χ0n) is 22.0. The number of amides is 2. The predicted molar refractivity (Wildman–Crippen MR) is 152 cm³/mol. The van der Waals surface area contributed by atoms with E-state index in [9.17, 15) is 9.59 Å². The van der Waals surface area contributed by atoms with Crippen molar-refractivity contribution in [3.8, 4) is 0 Å². The molecule has 39 heavy (non-hydrogen) atoms. The second kappa shape index (κ2) is 12.5. The first kappa shape index (κ1) is 27.0. The Morgan fingerprint density at radius 3 is 2.31 bits per heavy atom. The van der Waals surface area contributed by atoms with Crippen LogP contribution in [0.2, 0.25) is 0 Å². The van der Waals surface area contributed by atoms with Gasteiger partial charge in [-0.25, -0.2) is 9.97 Å². The Kier molecular flexibility index (Phi) is 8.67. The van der Waals surface area contributed by atoms with Crippen molar-refractivity contribution in [1.29, 1.82) is 0 Å². The molecular formula is C28H35N7O3S. The molecule has 0 bridgehead atoms. The van der Waals surface area contributed by atoms with Crippen molar-refractivity contribution in [3.63, 3.8) is 0 Å². The van der Waals surface area contributed by atoms with Crippen LogP contribution in [-0.2, 0) is 4.74 Å². The highest BCUT2D eigenvalue weighted by Crippen LogP contribution is 2.39. The van der Waals surface area contributed by atoms with Gasteiger partial charge in [0, 0.05) is 37.8 Å². The van der Waals surface area contributed by atoms with Gasteiger partial charge in [-0.05, 0) is 86.2 Å². The third-order valence-corrected chi connectivity index (χ3v) is 8.05. The molecular weight excluding hydrogens is 514 g/mol. The van der Waals surface area contributed by atoms with Gasteiger partial charge in [-0.2, -0.15) is 4.37 Å². The molecule has 2 aromatic heterocycles.